The van der Waals surface area contributed by atoms with E-state index in [1.165, 1.54) is 6.07 Å². The van der Waals surface area contributed by atoms with Crippen molar-refractivity contribution in [3.8, 4) is 5.75 Å². The van der Waals surface area contributed by atoms with E-state index in [1.54, 1.807) is 29.2 Å². The summed E-state index contributed by atoms with van der Waals surface area (Å²) < 4.78 is 46.7. The molecule has 2 aromatic rings. The largest absolute Gasteiger partial charge is 0.494 e. The van der Waals surface area contributed by atoms with Crippen molar-refractivity contribution in [3.05, 3.63) is 63.6 Å². The van der Waals surface area contributed by atoms with Crippen molar-refractivity contribution in [2.45, 2.75) is 44.4 Å². The van der Waals surface area contributed by atoms with Gasteiger partial charge in [0, 0.05) is 10.0 Å². The maximum Gasteiger partial charge on any atom is 0.416 e. The highest BCUT2D eigenvalue weighted by atomic mass is 79.9. The fraction of sp³-hybridized carbons (Fsp3) is 0.409. The van der Waals surface area contributed by atoms with Crippen molar-refractivity contribution < 1.29 is 27.8 Å². The summed E-state index contributed by atoms with van der Waals surface area (Å²) in [5.74, 6) is -0.447. The maximum absolute atomic E-state index is 13.4. The first-order valence-corrected chi connectivity index (χ1v) is 10.6. The summed E-state index contributed by atoms with van der Waals surface area (Å²) in [6.07, 6.45) is -2.51. The molecule has 1 heterocycles. The van der Waals surface area contributed by atoms with Crippen LogP contribution in [0.4, 0.5) is 13.2 Å². The highest BCUT2D eigenvalue weighted by molar-refractivity contribution is 9.10. The first kappa shape index (κ1) is 22.6. The topological polar surface area (TPSA) is 49.8 Å². The third-order valence-corrected chi connectivity index (χ3v) is 5.75. The predicted molar refractivity (Wildman–Crippen MR) is 111 cm³/mol. The molecule has 3 rings (SSSR count). The van der Waals surface area contributed by atoms with Crippen molar-refractivity contribution in [3.63, 3.8) is 0 Å². The molecule has 2 atom stereocenters. The molecule has 0 aliphatic carbocycles. The zero-order valence-electron chi connectivity index (χ0n) is 16.5. The monoisotopic (exact) mass is 485 g/mol. The summed E-state index contributed by atoms with van der Waals surface area (Å²) in [5, 5.41) is 9.80. The fourth-order valence-electron chi connectivity index (χ4n) is 3.98. The molecule has 1 fully saturated rings. The second-order valence-electron chi connectivity index (χ2n) is 7.23. The summed E-state index contributed by atoms with van der Waals surface area (Å²) in [6, 6.07) is 8.98. The number of carboxylic acid groups (broad SMARTS) is 1. The van der Waals surface area contributed by atoms with Gasteiger partial charge < -0.3 is 9.84 Å². The van der Waals surface area contributed by atoms with E-state index < -0.39 is 29.8 Å². The number of hydrogen-bond donors (Lipinski definition) is 1. The van der Waals surface area contributed by atoms with E-state index in [-0.39, 0.29) is 0 Å². The average molecular weight is 486 g/mol. The molecule has 8 heteroatoms. The summed E-state index contributed by atoms with van der Waals surface area (Å²) in [5.41, 5.74) is 0.262. The van der Waals surface area contributed by atoms with E-state index in [1.807, 2.05) is 6.92 Å². The summed E-state index contributed by atoms with van der Waals surface area (Å²) >= 11 is 3.43. The fourth-order valence-corrected chi connectivity index (χ4v) is 4.36. The van der Waals surface area contributed by atoms with Gasteiger partial charge in [0.25, 0.3) is 0 Å². The third-order valence-electron chi connectivity index (χ3n) is 5.26. The zero-order chi connectivity index (χ0) is 21.9. The summed E-state index contributed by atoms with van der Waals surface area (Å²) in [7, 11) is 0. The van der Waals surface area contributed by atoms with Crippen molar-refractivity contribution >= 4 is 21.9 Å². The highest BCUT2D eigenvalue weighted by Crippen LogP contribution is 2.41. The third kappa shape index (κ3) is 4.98. The number of benzene rings is 2. The second-order valence-corrected chi connectivity index (χ2v) is 8.14. The molecule has 0 aromatic heterocycles. The molecule has 1 saturated heterocycles. The molecular formula is C22H23BrF3NO3. The lowest BCUT2D eigenvalue weighted by molar-refractivity contribution is -0.145. The molecular weight excluding hydrogens is 463 g/mol. The van der Waals surface area contributed by atoms with Crippen LogP contribution >= 0.6 is 15.9 Å². The van der Waals surface area contributed by atoms with Gasteiger partial charge in [-0.2, -0.15) is 13.2 Å². The lowest BCUT2D eigenvalue weighted by atomic mass is 9.90. The number of aliphatic carboxylic acids is 1. The quantitative estimate of drug-likeness (QED) is 0.553. The van der Waals surface area contributed by atoms with Gasteiger partial charge in [-0.25, -0.2) is 0 Å². The van der Waals surface area contributed by atoms with Crippen LogP contribution in [0.5, 0.6) is 5.75 Å². The van der Waals surface area contributed by atoms with E-state index in [9.17, 15) is 23.1 Å². The number of halogens is 4. The number of rotatable bonds is 6. The Kier molecular flexibility index (Phi) is 7.08. The van der Waals surface area contributed by atoms with Gasteiger partial charge in [-0.3, -0.25) is 9.69 Å². The van der Waals surface area contributed by atoms with Gasteiger partial charge in [-0.05, 0) is 62.2 Å². The standard InChI is InChI=1S/C22H23BrF3NO3/c1-2-30-19-10-9-16(23)13-17(19)20(27-11-4-3-8-18(27)21(28)29)14-6-5-7-15(12-14)22(24,25)26/h5-7,9-10,12-13,18,20H,2-4,8,11H2,1H3,(H,28,29). The highest BCUT2D eigenvalue weighted by Gasteiger charge is 2.38. The first-order valence-electron chi connectivity index (χ1n) is 9.80. The number of carboxylic acids is 1. The van der Waals surface area contributed by atoms with Gasteiger partial charge in [0.05, 0.1) is 18.2 Å². The summed E-state index contributed by atoms with van der Waals surface area (Å²) in [4.78, 5) is 13.8. The first-order chi connectivity index (χ1) is 14.2. The molecule has 2 unspecified atom stereocenters. The molecule has 4 nitrogen and oxygen atoms in total. The molecule has 0 saturated carbocycles. The van der Waals surface area contributed by atoms with Crippen LogP contribution in [0.1, 0.15) is 48.9 Å². The normalized spacial score (nSPS) is 18.8. The molecule has 0 bridgehead atoms. The number of ether oxygens (including phenoxy) is 1. The number of likely N-dealkylation sites (tertiary alicyclic amines) is 1. The average Bonchev–Trinajstić information content (AvgIpc) is 2.70. The van der Waals surface area contributed by atoms with E-state index in [0.717, 1.165) is 29.4 Å². The van der Waals surface area contributed by atoms with Crippen molar-refractivity contribution in [1.29, 1.82) is 0 Å². The van der Waals surface area contributed by atoms with Crippen molar-refractivity contribution in [2.24, 2.45) is 0 Å². The van der Waals surface area contributed by atoms with Gasteiger partial charge in [0.15, 0.2) is 0 Å². The molecule has 162 valence electrons. The van der Waals surface area contributed by atoms with Crippen LogP contribution < -0.4 is 4.74 Å². The van der Waals surface area contributed by atoms with Gasteiger partial charge in [-0.1, -0.05) is 34.5 Å². The minimum absolute atomic E-state index is 0.381. The predicted octanol–water partition coefficient (Wildman–Crippen LogP) is 5.90. The SMILES string of the molecule is CCOc1ccc(Br)cc1C(c1cccc(C(F)(F)F)c1)N1CCCCC1C(=O)O. The molecule has 0 spiro atoms. The van der Waals surface area contributed by atoms with Crippen LogP contribution in [0.3, 0.4) is 0 Å². The van der Waals surface area contributed by atoms with Crippen LogP contribution in [-0.4, -0.2) is 35.2 Å². The van der Waals surface area contributed by atoms with Gasteiger partial charge >= 0.3 is 12.1 Å². The van der Waals surface area contributed by atoms with Gasteiger partial charge in [0.1, 0.15) is 11.8 Å². The van der Waals surface area contributed by atoms with E-state index in [4.69, 9.17) is 4.74 Å². The Morgan fingerprint density at radius 1 is 1.27 bits per heavy atom. The lowest BCUT2D eigenvalue weighted by Crippen LogP contribution is -2.47. The molecule has 30 heavy (non-hydrogen) atoms. The lowest BCUT2D eigenvalue weighted by Gasteiger charge is -2.40. The second kappa shape index (κ2) is 9.39. The Balaban J connectivity index is 2.20. The summed E-state index contributed by atoms with van der Waals surface area (Å²) in [6.45, 7) is 2.67. The van der Waals surface area contributed by atoms with Crippen LogP contribution in [0.15, 0.2) is 46.9 Å². The Labute approximate surface area is 181 Å². The van der Waals surface area contributed by atoms with E-state index in [0.29, 0.717) is 36.4 Å². The minimum atomic E-state index is -4.49. The number of hydrogen-bond acceptors (Lipinski definition) is 3. The molecule has 1 aliphatic heterocycles. The van der Waals surface area contributed by atoms with E-state index in [2.05, 4.69) is 15.9 Å². The number of nitrogens with zero attached hydrogens (tertiary/aromatic N) is 1. The van der Waals surface area contributed by atoms with E-state index >= 15 is 0 Å². The van der Waals surface area contributed by atoms with Crippen molar-refractivity contribution in [1.82, 2.24) is 4.90 Å². The van der Waals surface area contributed by atoms with Crippen LogP contribution in [0.2, 0.25) is 0 Å². The molecule has 0 radical (unpaired) electrons. The molecule has 2 aromatic carbocycles. The smallest absolute Gasteiger partial charge is 0.416 e. The van der Waals surface area contributed by atoms with Crippen LogP contribution in [0.25, 0.3) is 0 Å². The number of alkyl halides is 3. The molecule has 0 amide bonds. The molecule has 1 aliphatic rings. The maximum atomic E-state index is 13.4. The van der Waals surface area contributed by atoms with Crippen LogP contribution in [-0.2, 0) is 11.0 Å². The Morgan fingerprint density at radius 2 is 2.03 bits per heavy atom. The van der Waals surface area contributed by atoms with Crippen molar-refractivity contribution in [2.75, 3.05) is 13.2 Å². The number of carbonyl (C=O) groups is 1. The van der Waals surface area contributed by atoms with Gasteiger partial charge in [0.2, 0.25) is 0 Å². The Hall–Kier alpha value is -2.06. The Bertz CT molecular complexity index is 903. The molecule has 1 N–H and O–H groups in total. The minimum Gasteiger partial charge on any atom is -0.494 e. The Morgan fingerprint density at radius 3 is 2.70 bits per heavy atom. The zero-order valence-corrected chi connectivity index (χ0v) is 18.0. The van der Waals surface area contributed by atoms with Crippen LogP contribution in [0, 0.1) is 0 Å². The number of piperidine rings is 1. The van der Waals surface area contributed by atoms with Gasteiger partial charge in [-0.15, -0.1) is 0 Å².